The zero-order valence-corrected chi connectivity index (χ0v) is 15.1. The van der Waals surface area contributed by atoms with Gasteiger partial charge in [-0.05, 0) is 51.6 Å². The molecule has 5 nitrogen and oxygen atoms in total. The highest BCUT2D eigenvalue weighted by molar-refractivity contribution is 7.92. The third-order valence-corrected chi connectivity index (χ3v) is 6.51. The van der Waals surface area contributed by atoms with E-state index in [1.165, 1.54) is 6.26 Å². The number of carbonyl (C=O) groups is 1. The molecule has 0 aliphatic carbocycles. The van der Waals surface area contributed by atoms with E-state index < -0.39 is 14.6 Å². The Bertz CT molecular complexity index is 432. The van der Waals surface area contributed by atoms with Gasteiger partial charge in [-0.25, -0.2) is 8.42 Å². The molecule has 21 heavy (non-hydrogen) atoms. The highest BCUT2D eigenvalue weighted by atomic mass is 35.5. The molecular weight excluding hydrogens is 312 g/mol. The predicted octanol–water partition coefficient (Wildman–Crippen LogP) is 1.37. The number of hydrogen-bond acceptors (Lipinski definition) is 4. The van der Waals surface area contributed by atoms with Crippen LogP contribution in [0.3, 0.4) is 0 Å². The van der Waals surface area contributed by atoms with Crippen LogP contribution in [0.4, 0.5) is 0 Å². The van der Waals surface area contributed by atoms with E-state index in [1.807, 2.05) is 0 Å². The Labute approximate surface area is 135 Å². The fourth-order valence-electron chi connectivity index (χ4n) is 2.34. The molecule has 2 atom stereocenters. The van der Waals surface area contributed by atoms with Crippen LogP contribution in [0.2, 0.25) is 0 Å². The lowest BCUT2D eigenvalue weighted by Crippen LogP contribution is -2.44. The number of carbonyl (C=O) groups excluding carboxylic acids is 1. The molecule has 0 bridgehead atoms. The summed E-state index contributed by atoms with van der Waals surface area (Å²) in [4.78, 5) is 11.9. The van der Waals surface area contributed by atoms with Gasteiger partial charge in [-0.15, -0.1) is 12.4 Å². The van der Waals surface area contributed by atoms with Crippen molar-refractivity contribution in [2.75, 3.05) is 25.9 Å². The molecule has 0 saturated carbocycles. The first kappa shape index (κ1) is 20.7. The summed E-state index contributed by atoms with van der Waals surface area (Å²) < 4.78 is 22.2. The van der Waals surface area contributed by atoms with Crippen molar-refractivity contribution in [2.45, 2.75) is 44.8 Å². The molecule has 1 aliphatic rings. The van der Waals surface area contributed by atoms with Crippen molar-refractivity contribution in [3.63, 3.8) is 0 Å². The van der Waals surface area contributed by atoms with Gasteiger partial charge in [0.2, 0.25) is 5.91 Å². The molecule has 1 aliphatic heterocycles. The average Bonchev–Trinajstić information content (AvgIpc) is 2.36. The van der Waals surface area contributed by atoms with Crippen molar-refractivity contribution in [3.05, 3.63) is 0 Å². The van der Waals surface area contributed by atoms with Gasteiger partial charge >= 0.3 is 0 Å². The molecule has 7 heteroatoms. The predicted molar refractivity (Wildman–Crippen MR) is 88.6 cm³/mol. The van der Waals surface area contributed by atoms with Gasteiger partial charge in [0.25, 0.3) is 0 Å². The van der Waals surface area contributed by atoms with Gasteiger partial charge in [-0.1, -0.05) is 6.92 Å². The van der Waals surface area contributed by atoms with Crippen LogP contribution in [-0.2, 0) is 14.6 Å². The van der Waals surface area contributed by atoms with Crippen LogP contribution in [0.25, 0.3) is 0 Å². The van der Waals surface area contributed by atoms with E-state index in [1.54, 1.807) is 13.8 Å². The second kappa shape index (κ2) is 8.34. The van der Waals surface area contributed by atoms with Gasteiger partial charge in [0, 0.05) is 19.2 Å². The molecule has 0 radical (unpaired) electrons. The zero-order chi connectivity index (χ0) is 15.4. The molecule has 126 valence electrons. The van der Waals surface area contributed by atoms with Crippen molar-refractivity contribution >= 4 is 28.2 Å². The monoisotopic (exact) mass is 340 g/mol. The molecular formula is C14H29ClN2O3S. The first-order valence-electron chi connectivity index (χ1n) is 7.30. The largest absolute Gasteiger partial charge is 0.355 e. The van der Waals surface area contributed by atoms with Crippen LogP contribution >= 0.6 is 12.4 Å². The van der Waals surface area contributed by atoms with E-state index >= 15 is 0 Å². The summed E-state index contributed by atoms with van der Waals surface area (Å²) in [6, 6.07) is 0. The quantitative estimate of drug-likeness (QED) is 0.765. The summed E-state index contributed by atoms with van der Waals surface area (Å²) in [6.45, 7) is 7.58. The minimum Gasteiger partial charge on any atom is -0.355 e. The first-order chi connectivity index (χ1) is 9.13. The maximum atomic E-state index is 11.9. The molecule has 1 fully saturated rings. The fourth-order valence-corrected chi connectivity index (χ4v) is 2.67. The number of nitrogens with one attached hydrogen (secondary N) is 2. The fraction of sp³-hybridized carbons (Fsp3) is 0.929. The maximum absolute atomic E-state index is 11.9. The second-order valence-electron chi connectivity index (χ2n) is 6.60. The van der Waals surface area contributed by atoms with E-state index in [0.717, 1.165) is 25.9 Å². The first-order valence-corrected chi connectivity index (χ1v) is 9.19. The number of amides is 1. The Morgan fingerprint density at radius 3 is 2.52 bits per heavy atom. The summed E-state index contributed by atoms with van der Waals surface area (Å²) in [6.07, 6.45) is 4.00. The lowest BCUT2D eigenvalue weighted by molar-refractivity contribution is -0.122. The smallest absolute Gasteiger partial charge is 0.220 e. The van der Waals surface area contributed by atoms with Gasteiger partial charge in [-0.2, -0.15) is 0 Å². The zero-order valence-electron chi connectivity index (χ0n) is 13.4. The van der Waals surface area contributed by atoms with Crippen molar-refractivity contribution < 1.29 is 13.2 Å². The Morgan fingerprint density at radius 1 is 1.43 bits per heavy atom. The van der Waals surface area contributed by atoms with Gasteiger partial charge in [0.1, 0.15) is 0 Å². The van der Waals surface area contributed by atoms with Crippen LogP contribution in [0.1, 0.15) is 40.0 Å². The van der Waals surface area contributed by atoms with Gasteiger partial charge in [0.15, 0.2) is 9.84 Å². The molecule has 0 aromatic carbocycles. The highest BCUT2D eigenvalue weighted by Crippen LogP contribution is 2.22. The van der Waals surface area contributed by atoms with Crippen molar-refractivity contribution in [1.82, 2.24) is 10.6 Å². The number of hydrogen-bond donors (Lipinski definition) is 2. The molecule has 0 aromatic rings. The van der Waals surface area contributed by atoms with Crippen LogP contribution in [0.5, 0.6) is 0 Å². The summed E-state index contributed by atoms with van der Waals surface area (Å²) in [5, 5.41) is 6.12. The number of piperidine rings is 1. The third kappa shape index (κ3) is 6.53. The standard InChI is InChI=1S/C14H28N2O3S.ClH/c1-11(12-6-5-7-15-9-12)8-13(17)16-10-14(2,3)20(4,18)19;/h11-12,15H,5-10H2,1-4H3,(H,16,17);1H. The minimum atomic E-state index is -3.17. The third-order valence-electron chi connectivity index (χ3n) is 4.36. The van der Waals surface area contributed by atoms with Crippen molar-refractivity contribution in [2.24, 2.45) is 11.8 Å². The highest BCUT2D eigenvalue weighted by Gasteiger charge is 2.31. The summed E-state index contributed by atoms with van der Waals surface area (Å²) in [5.41, 5.74) is 0. The van der Waals surface area contributed by atoms with Crippen LogP contribution in [-0.4, -0.2) is 45.0 Å². The van der Waals surface area contributed by atoms with Gasteiger partial charge in [0.05, 0.1) is 4.75 Å². The molecule has 1 heterocycles. The van der Waals surface area contributed by atoms with Crippen LogP contribution in [0.15, 0.2) is 0 Å². The Morgan fingerprint density at radius 2 is 2.05 bits per heavy atom. The number of halogens is 1. The SMILES string of the molecule is CC(CC(=O)NCC(C)(C)S(C)(=O)=O)C1CCCNC1.Cl. The maximum Gasteiger partial charge on any atom is 0.220 e. The lowest BCUT2D eigenvalue weighted by Gasteiger charge is -2.28. The Balaban J connectivity index is 0.00000400. The Kier molecular flexibility index (Phi) is 8.21. The average molecular weight is 341 g/mol. The molecule has 0 spiro atoms. The van der Waals surface area contributed by atoms with Crippen molar-refractivity contribution in [1.29, 1.82) is 0 Å². The van der Waals surface area contributed by atoms with Crippen LogP contribution < -0.4 is 10.6 Å². The second-order valence-corrected chi connectivity index (χ2v) is 9.25. The van der Waals surface area contributed by atoms with E-state index in [-0.39, 0.29) is 24.9 Å². The van der Waals surface area contributed by atoms with E-state index in [4.69, 9.17) is 0 Å². The van der Waals surface area contributed by atoms with Gasteiger partial charge < -0.3 is 10.6 Å². The Hall–Kier alpha value is -0.330. The number of sulfone groups is 1. The molecule has 0 aromatic heterocycles. The molecule has 2 N–H and O–H groups in total. The van der Waals surface area contributed by atoms with E-state index in [0.29, 0.717) is 18.3 Å². The number of rotatable bonds is 6. The summed E-state index contributed by atoms with van der Waals surface area (Å²) in [7, 11) is -3.17. The molecule has 1 saturated heterocycles. The van der Waals surface area contributed by atoms with Gasteiger partial charge in [-0.3, -0.25) is 4.79 Å². The topological polar surface area (TPSA) is 75.3 Å². The lowest BCUT2D eigenvalue weighted by atomic mass is 9.85. The van der Waals surface area contributed by atoms with Crippen LogP contribution in [0, 0.1) is 11.8 Å². The van der Waals surface area contributed by atoms with Crippen molar-refractivity contribution in [3.8, 4) is 0 Å². The van der Waals surface area contributed by atoms with E-state index in [2.05, 4.69) is 17.6 Å². The molecule has 1 rings (SSSR count). The molecule has 2 unspecified atom stereocenters. The normalized spacial score (nSPS) is 21.2. The summed E-state index contributed by atoms with van der Waals surface area (Å²) >= 11 is 0. The molecule has 1 amide bonds. The summed E-state index contributed by atoms with van der Waals surface area (Å²) in [5.74, 6) is 0.807. The van der Waals surface area contributed by atoms with E-state index in [9.17, 15) is 13.2 Å². The minimum absolute atomic E-state index is 0.